The van der Waals surface area contributed by atoms with Crippen LogP contribution in [0.5, 0.6) is 0 Å². The molecule has 1 atom stereocenters. The summed E-state index contributed by atoms with van der Waals surface area (Å²) in [6, 6.07) is 2.28. The van der Waals surface area contributed by atoms with Crippen molar-refractivity contribution in [3.8, 4) is 0 Å². The Hall–Kier alpha value is -1.63. The van der Waals surface area contributed by atoms with E-state index in [1.165, 1.54) is 0 Å². The number of carbonyl (C=O) groups excluding carboxylic acids is 1. The summed E-state index contributed by atoms with van der Waals surface area (Å²) in [7, 11) is 0. The Morgan fingerprint density at radius 3 is 2.77 bits per heavy atom. The molecule has 0 bridgehead atoms. The van der Waals surface area contributed by atoms with Crippen molar-refractivity contribution in [3.05, 3.63) is 35.1 Å². The van der Waals surface area contributed by atoms with Crippen LogP contribution in [-0.2, 0) is 6.18 Å². The van der Waals surface area contributed by atoms with Crippen LogP contribution in [0.4, 0.5) is 17.6 Å². The van der Waals surface area contributed by atoms with Gasteiger partial charge in [-0.1, -0.05) is 0 Å². The van der Waals surface area contributed by atoms with Crippen LogP contribution in [0.15, 0.2) is 18.2 Å². The molecule has 1 saturated heterocycles. The van der Waals surface area contributed by atoms with E-state index < -0.39 is 23.5 Å². The van der Waals surface area contributed by atoms with E-state index in [9.17, 15) is 22.4 Å². The molecule has 1 unspecified atom stereocenters. The average Bonchev–Trinajstić information content (AvgIpc) is 2.47. The fourth-order valence-electron chi connectivity index (χ4n) is 2.55. The predicted octanol–water partition coefficient (Wildman–Crippen LogP) is 2.96. The number of piperidine rings is 1. The minimum Gasteiger partial charge on any atom is -0.352 e. The van der Waals surface area contributed by atoms with Crippen LogP contribution < -0.4 is 10.6 Å². The van der Waals surface area contributed by atoms with Crippen molar-refractivity contribution in [2.24, 2.45) is 5.92 Å². The first kappa shape index (κ1) is 16.7. The van der Waals surface area contributed by atoms with Gasteiger partial charge in [0.15, 0.2) is 0 Å². The molecule has 1 fully saturated rings. The van der Waals surface area contributed by atoms with Gasteiger partial charge in [0.25, 0.3) is 5.91 Å². The highest BCUT2D eigenvalue weighted by Gasteiger charge is 2.34. The van der Waals surface area contributed by atoms with Crippen molar-refractivity contribution in [1.29, 1.82) is 0 Å². The van der Waals surface area contributed by atoms with Gasteiger partial charge in [-0.3, -0.25) is 4.79 Å². The summed E-state index contributed by atoms with van der Waals surface area (Å²) in [6.07, 6.45) is -1.87. The van der Waals surface area contributed by atoms with Crippen LogP contribution in [0.3, 0.4) is 0 Å². The SMILES string of the molecule is O=C(NCCC1CCCNC1)c1ccc(F)c(C(F)(F)F)c1. The molecule has 2 N–H and O–H groups in total. The topological polar surface area (TPSA) is 41.1 Å². The Labute approximate surface area is 126 Å². The number of carbonyl (C=O) groups is 1. The molecule has 7 heteroatoms. The molecule has 1 amide bonds. The van der Waals surface area contributed by atoms with Crippen LogP contribution in [0.1, 0.15) is 35.2 Å². The van der Waals surface area contributed by atoms with E-state index in [2.05, 4.69) is 10.6 Å². The second-order valence-electron chi connectivity index (χ2n) is 5.45. The quantitative estimate of drug-likeness (QED) is 0.838. The van der Waals surface area contributed by atoms with Gasteiger partial charge in [-0.05, 0) is 56.5 Å². The zero-order valence-corrected chi connectivity index (χ0v) is 12.0. The molecule has 0 radical (unpaired) electrons. The van der Waals surface area contributed by atoms with Crippen molar-refractivity contribution in [2.75, 3.05) is 19.6 Å². The summed E-state index contributed by atoms with van der Waals surface area (Å²) in [5.41, 5.74) is -1.60. The van der Waals surface area contributed by atoms with Crippen LogP contribution in [0, 0.1) is 11.7 Å². The molecular weight excluding hydrogens is 300 g/mol. The molecule has 0 aromatic heterocycles. The van der Waals surface area contributed by atoms with Gasteiger partial charge in [-0.15, -0.1) is 0 Å². The Kier molecular flexibility index (Phi) is 5.39. The highest BCUT2D eigenvalue weighted by atomic mass is 19.4. The Balaban J connectivity index is 1.92. The smallest absolute Gasteiger partial charge is 0.352 e. The molecule has 0 spiro atoms. The first-order valence-corrected chi connectivity index (χ1v) is 7.23. The second-order valence-corrected chi connectivity index (χ2v) is 5.45. The van der Waals surface area contributed by atoms with Crippen LogP contribution in [0.2, 0.25) is 0 Å². The summed E-state index contributed by atoms with van der Waals surface area (Å²) < 4.78 is 51.0. The lowest BCUT2D eigenvalue weighted by molar-refractivity contribution is -0.140. The third-order valence-corrected chi connectivity index (χ3v) is 3.77. The van der Waals surface area contributed by atoms with Crippen LogP contribution in [0.25, 0.3) is 0 Å². The standard InChI is InChI=1S/C15H18F4N2O/c16-13-4-3-11(8-12(13)15(17,18)19)14(22)21-7-5-10-2-1-6-20-9-10/h3-4,8,10,20H,1-2,5-7,9H2,(H,21,22). The lowest BCUT2D eigenvalue weighted by atomic mass is 9.96. The van der Waals surface area contributed by atoms with Crippen molar-refractivity contribution < 1.29 is 22.4 Å². The molecule has 0 saturated carbocycles. The van der Waals surface area contributed by atoms with E-state index >= 15 is 0 Å². The zero-order valence-electron chi connectivity index (χ0n) is 12.0. The number of alkyl halides is 3. The molecule has 22 heavy (non-hydrogen) atoms. The lowest BCUT2D eigenvalue weighted by Gasteiger charge is -2.22. The molecule has 1 aromatic carbocycles. The van der Waals surface area contributed by atoms with Crippen LogP contribution >= 0.6 is 0 Å². The number of nitrogens with one attached hydrogen (secondary N) is 2. The highest BCUT2D eigenvalue weighted by molar-refractivity contribution is 5.94. The van der Waals surface area contributed by atoms with Gasteiger partial charge >= 0.3 is 6.18 Å². The minimum atomic E-state index is -4.81. The molecule has 1 aliphatic heterocycles. The monoisotopic (exact) mass is 318 g/mol. The lowest BCUT2D eigenvalue weighted by Crippen LogP contribution is -2.33. The fourth-order valence-corrected chi connectivity index (χ4v) is 2.55. The summed E-state index contributed by atoms with van der Waals surface area (Å²) in [5.74, 6) is -1.53. The largest absolute Gasteiger partial charge is 0.419 e. The first-order chi connectivity index (χ1) is 10.4. The van der Waals surface area contributed by atoms with E-state index in [4.69, 9.17) is 0 Å². The first-order valence-electron chi connectivity index (χ1n) is 7.23. The maximum atomic E-state index is 13.2. The molecule has 3 nitrogen and oxygen atoms in total. The van der Waals surface area contributed by atoms with Crippen molar-refractivity contribution in [1.82, 2.24) is 10.6 Å². The van der Waals surface area contributed by atoms with Gasteiger partial charge in [0.2, 0.25) is 0 Å². The molecule has 1 aliphatic rings. The van der Waals surface area contributed by atoms with Gasteiger partial charge in [-0.25, -0.2) is 4.39 Å². The molecule has 1 aromatic rings. The Morgan fingerprint density at radius 1 is 1.36 bits per heavy atom. The zero-order chi connectivity index (χ0) is 16.2. The summed E-state index contributed by atoms with van der Waals surface area (Å²) >= 11 is 0. The van der Waals surface area contributed by atoms with Crippen LogP contribution in [-0.4, -0.2) is 25.5 Å². The fraction of sp³-hybridized carbons (Fsp3) is 0.533. The molecule has 122 valence electrons. The van der Waals surface area contributed by atoms with Gasteiger partial charge in [0, 0.05) is 12.1 Å². The normalized spacial score (nSPS) is 19.0. The summed E-state index contributed by atoms with van der Waals surface area (Å²) in [6.45, 7) is 2.28. The molecular formula is C15H18F4N2O. The molecule has 0 aliphatic carbocycles. The third-order valence-electron chi connectivity index (χ3n) is 3.77. The van der Waals surface area contributed by atoms with E-state index in [1.54, 1.807) is 0 Å². The third kappa shape index (κ3) is 4.43. The van der Waals surface area contributed by atoms with Crippen molar-refractivity contribution >= 4 is 5.91 Å². The van der Waals surface area contributed by atoms with Gasteiger partial charge in [0.05, 0.1) is 5.56 Å². The second kappa shape index (κ2) is 7.09. The minimum absolute atomic E-state index is 0.185. The van der Waals surface area contributed by atoms with Crippen molar-refractivity contribution in [3.63, 3.8) is 0 Å². The van der Waals surface area contributed by atoms with E-state index in [0.717, 1.165) is 38.4 Å². The van der Waals surface area contributed by atoms with Gasteiger partial charge < -0.3 is 10.6 Å². The number of hydrogen-bond donors (Lipinski definition) is 2. The van der Waals surface area contributed by atoms with E-state index in [-0.39, 0.29) is 5.56 Å². The number of halogens is 4. The summed E-state index contributed by atoms with van der Waals surface area (Å²) in [5, 5.41) is 5.84. The Morgan fingerprint density at radius 2 is 2.14 bits per heavy atom. The molecule has 1 heterocycles. The molecule has 2 rings (SSSR count). The Bertz CT molecular complexity index is 525. The average molecular weight is 318 g/mol. The number of rotatable bonds is 4. The number of benzene rings is 1. The number of amides is 1. The summed E-state index contributed by atoms with van der Waals surface area (Å²) in [4.78, 5) is 11.9. The highest BCUT2D eigenvalue weighted by Crippen LogP contribution is 2.31. The number of hydrogen-bond acceptors (Lipinski definition) is 2. The van der Waals surface area contributed by atoms with Gasteiger partial charge in [0.1, 0.15) is 5.82 Å². The van der Waals surface area contributed by atoms with E-state index in [1.807, 2.05) is 0 Å². The predicted molar refractivity (Wildman–Crippen MR) is 73.9 cm³/mol. The van der Waals surface area contributed by atoms with Gasteiger partial charge in [-0.2, -0.15) is 13.2 Å². The van der Waals surface area contributed by atoms with Crippen molar-refractivity contribution in [2.45, 2.75) is 25.4 Å². The van der Waals surface area contributed by atoms with E-state index in [0.29, 0.717) is 24.6 Å². The maximum absolute atomic E-state index is 13.2. The maximum Gasteiger partial charge on any atom is 0.419 e.